The molecular weight excluding hydrogens is 229 g/mol. The van der Waals surface area contributed by atoms with Crippen LogP contribution in [-0.4, -0.2) is 24.8 Å². The monoisotopic (exact) mass is 251 g/mol. The van der Waals surface area contributed by atoms with Crippen LogP contribution in [0.15, 0.2) is 24.3 Å². The van der Waals surface area contributed by atoms with Crippen LogP contribution in [0.3, 0.4) is 0 Å². The van der Waals surface area contributed by atoms with E-state index in [2.05, 4.69) is 18.7 Å². The van der Waals surface area contributed by atoms with Gasteiger partial charge in [-0.25, -0.2) is 4.39 Å². The lowest BCUT2D eigenvalue weighted by Crippen LogP contribution is -2.45. The highest BCUT2D eigenvalue weighted by molar-refractivity contribution is 5.46. The van der Waals surface area contributed by atoms with Crippen molar-refractivity contribution in [2.75, 3.05) is 24.6 Å². The number of aliphatic hydroxyl groups excluding tert-OH is 1. The molecule has 0 saturated carbocycles. The summed E-state index contributed by atoms with van der Waals surface area (Å²) in [6.45, 7) is 6.73. The third-order valence-corrected chi connectivity index (χ3v) is 4.24. The molecule has 1 aliphatic rings. The number of benzene rings is 1. The fourth-order valence-corrected chi connectivity index (χ4v) is 2.76. The lowest BCUT2D eigenvalue weighted by atomic mass is 9.72. The van der Waals surface area contributed by atoms with Gasteiger partial charge in [0.2, 0.25) is 0 Å². The van der Waals surface area contributed by atoms with Gasteiger partial charge in [0.05, 0.1) is 0 Å². The fraction of sp³-hybridized carbons (Fsp3) is 0.600. The van der Waals surface area contributed by atoms with Crippen LogP contribution >= 0.6 is 0 Å². The normalized spacial score (nSPS) is 23.1. The molecule has 2 nitrogen and oxygen atoms in total. The summed E-state index contributed by atoms with van der Waals surface area (Å²) in [5, 5.41) is 9.18. The molecule has 1 aliphatic heterocycles. The SMILES string of the molecule is CC1(C)CCN(c2ccc(F)cc2)CC1CCO. The first-order chi connectivity index (χ1) is 8.53. The van der Waals surface area contributed by atoms with Gasteiger partial charge in [-0.1, -0.05) is 13.8 Å². The summed E-state index contributed by atoms with van der Waals surface area (Å²) in [7, 11) is 0. The minimum absolute atomic E-state index is 0.192. The van der Waals surface area contributed by atoms with Gasteiger partial charge in [0, 0.05) is 25.4 Å². The Balaban J connectivity index is 2.10. The van der Waals surface area contributed by atoms with Gasteiger partial charge in [-0.2, -0.15) is 0 Å². The molecular formula is C15H22FNO. The number of nitrogens with zero attached hydrogens (tertiary/aromatic N) is 1. The van der Waals surface area contributed by atoms with Crippen LogP contribution in [0.2, 0.25) is 0 Å². The average Bonchev–Trinajstić information content (AvgIpc) is 2.33. The summed E-state index contributed by atoms with van der Waals surface area (Å²) in [5.74, 6) is 0.296. The molecule has 0 radical (unpaired) electrons. The highest BCUT2D eigenvalue weighted by Crippen LogP contribution is 2.38. The van der Waals surface area contributed by atoms with E-state index in [-0.39, 0.29) is 17.8 Å². The van der Waals surface area contributed by atoms with E-state index in [0.29, 0.717) is 5.92 Å². The maximum absolute atomic E-state index is 12.9. The summed E-state index contributed by atoms with van der Waals surface area (Å²) in [5.41, 5.74) is 1.36. The molecule has 1 unspecified atom stereocenters. The molecule has 1 atom stereocenters. The maximum atomic E-state index is 12.9. The Morgan fingerprint density at radius 1 is 1.33 bits per heavy atom. The number of rotatable bonds is 3. The Labute approximate surface area is 108 Å². The number of aliphatic hydroxyl groups is 1. The van der Waals surface area contributed by atoms with Crippen LogP contribution in [-0.2, 0) is 0 Å². The van der Waals surface area contributed by atoms with Crippen LogP contribution in [0, 0.1) is 17.2 Å². The number of halogens is 1. The minimum atomic E-state index is -0.192. The Kier molecular flexibility index (Phi) is 3.91. The molecule has 1 heterocycles. The molecule has 100 valence electrons. The van der Waals surface area contributed by atoms with E-state index >= 15 is 0 Å². The summed E-state index contributed by atoms with van der Waals surface area (Å²) in [4.78, 5) is 2.30. The zero-order valence-electron chi connectivity index (χ0n) is 11.2. The first-order valence-corrected chi connectivity index (χ1v) is 6.64. The predicted octanol–water partition coefficient (Wildman–Crippen LogP) is 3.06. The van der Waals surface area contributed by atoms with Crippen LogP contribution in [0.1, 0.15) is 26.7 Å². The molecule has 0 aliphatic carbocycles. The van der Waals surface area contributed by atoms with E-state index in [0.717, 1.165) is 31.6 Å². The van der Waals surface area contributed by atoms with Gasteiger partial charge in [0.15, 0.2) is 0 Å². The van der Waals surface area contributed by atoms with Gasteiger partial charge >= 0.3 is 0 Å². The van der Waals surface area contributed by atoms with Gasteiger partial charge in [-0.3, -0.25) is 0 Å². The lowest BCUT2D eigenvalue weighted by Gasteiger charge is -2.45. The second-order valence-corrected chi connectivity index (χ2v) is 5.87. The van der Waals surface area contributed by atoms with E-state index in [9.17, 15) is 9.50 Å². The third kappa shape index (κ3) is 2.83. The average molecular weight is 251 g/mol. The quantitative estimate of drug-likeness (QED) is 0.892. The number of hydrogen-bond donors (Lipinski definition) is 1. The molecule has 1 N–H and O–H groups in total. The van der Waals surface area contributed by atoms with Crippen molar-refractivity contribution in [2.45, 2.75) is 26.7 Å². The van der Waals surface area contributed by atoms with Crippen LogP contribution in [0.5, 0.6) is 0 Å². The molecule has 0 amide bonds. The van der Waals surface area contributed by atoms with E-state index < -0.39 is 0 Å². The third-order valence-electron chi connectivity index (χ3n) is 4.24. The molecule has 0 aromatic heterocycles. The summed E-state index contributed by atoms with van der Waals surface area (Å²) < 4.78 is 12.9. The second-order valence-electron chi connectivity index (χ2n) is 5.87. The number of piperidine rings is 1. The molecule has 1 aromatic carbocycles. The fourth-order valence-electron chi connectivity index (χ4n) is 2.76. The molecule has 3 heteroatoms. The van der Waals surface area contributed by atoms with Gasteiger partial charge in [0.1, 0.15) is 5.82 Å². The molecule has 18 heavy (non-hydrogen) atoms. The molecule has 1 aromatic rings. The Morgan fingerprint density at radius 2 is 2.00 bits per heavy atom. The standard InChI is InChI=1S/C15H22FNO/c1-15(2)8-9-17(11-12(15)7-10-18)14-5-3-13(16)4-6-14/h3-6,12,18H,7-11H2,1-2H3. The maximum Gasteiger partial charge on any atom is 0.123 e. The number of hydrogen-bond acceptors (Lipinski definition) is 2. The van der Waals surface area contributed by atoms with Crippen molar-refractivity contribution in [1.29, 1.82) is 0 Å². The molecule has 1 saturated heterocycles. The van der Waals surface area contributed by atoms with Crippen molar-refractivity contribution in [3.05, 3.63) is 30.1 Å². The Hall–Kier alpha value is -1.09. The molecule has 1 fully saturated rings. The molecule has 0 spiro atoms. The predicted molar refractivity (Wildman–Crippen MR) is 72.2 cm³/mol. The highest BCUT2D eigenvalue weighted by atomic mass is 19.1. The summed E-state index contributed by atoms with van der Waals surface area (Å²) in [6, 6.07) is 6.69. The second kappa shape index (κ2) is 5.27. The van der Waals surface area contributed by atoms with Crippen LogP contribution < -0.4 is 4.90 Å². The zero-order chi connectivity index (χ0) is 13.2. The Bertz CT molecular complexity index is 388. The first kappa shape index (κ1) is 13.3. The van der Waals surface area contributed by atoms with Crippen LogP contribution in [0.25, 0.3) is 0 Å². The highest BCUT2D eigenvalue weighted by Gasteiger charge is 2.34. The van der Waals surface area contributed by atoms with Crippen molar-refractivity contribution in [2.24, 2.45) is 11.3 Å². The van der Waals surface area contributed by atoms with Crippen molar-refractivity contribution >= 4 is 5.69 Å². The largest absolute Gasteiger partial charge is 0.396 e. The van der Waals surface area contributed by atoms with E-state index in [1.165, 1.54) is 12.1 Å². The van der Waals surface area contributed by atoms with Gasteiger partial charge in [-0.15, -0.1) is 0 Å². The van der Waals surface area contributed by atoms with Gasteiger partial charge in [-0.05, 0) is 48.4 Å². The smallest absolute Gasteiger partial charge is 0.123 e. The van der Waals surface area contributed by atoms with Crippen molar-refractivity contribution in [3.63, 3.8) is 0 Å². The summed E-state index contributed by atoms with van der Waals surface area (Å²) in [6.07, 6.45) is 1.94. The van der Waals surface area contributed by atoms with Gasteiger partial charge in [0.25, 0.3) is 0 Å². The topological polar surface area (TPSA) is 23.5 Å². The first-order valence-electron chi connectivity index (χ1n) is 6.64. The number of anilines is 1. The van der Waals surface area contributed by atoms with Crippen molar-refractivity contribution in [1.82, 2.24) is 0 Å². The van der Waals surface area contributed by atoms with Crippen molar-refractivity contribution < 1.29 is 9.50 Å². The van der Waals surface area contributed by atoms with Gasteiger partial charge < -0.3 is 10.0 Å². The van der Waals surface area contributed by atoms with Crippen molar-refractivity contribution in [3.8, 4) is 0 Å². The van der Waals surface area contributed by atoms with E-state index in [4.69, 9.17) is 0 Å². The van der Waals surface area contributed by atoms with E-state index in [1.807, 2.05) is 12.1 Å². The molecule has 2 rings (SSSR count). The van der Waals surface area contributed by atoms with Crippen LogP contribution in [0.4, 0.5) is 10.1 Å². The van der Waals surface area contributed by atoms with E-state index in [1.54, 1.807) is 0 Å². The Morgan fingerprint density at radius 3 is 2.61 bits per heavy atom. The summed E-state index contributed by atoms with van der Waals surface area (Å²) >= 11 is 0. The zero-order valence-corrected chi connectivity index (χ0v) is 11.2. The minimum Gasteiger partial charge on any atom is -0.396 e. The molecule has 0 bridgehead atoms. The lowest BCUT2D eigenvalue weighted by molar-refractivity contribution is 0.132.